The monoisotopic (exact) mass is 288 g/mol. The number of nitrogens with two attached hydrogens (primary N) is 1. The highest BCUT2D eigenvalue weighted by molar-refractivity contribution is 5.77. The summed E-state index contributed by atoms with van der Waals surface area (Å²) in [5.74, 6) is 0.441. The standard InChI is InChI=1S/C18H28N2O/c1-3-15(16-8-6-14(2)7-9-16)12-17(21)20-18(13-19)10-4-5-11-18/h6-9,15H,3-5,10-13,19H2,1-2H3,(H,20,21). The van der Waals surface area contributed by atoms with Crippen LogP contribution in [0, 0.1) is 6.92 Å². The number of amides is 1. The Balaban J connectivity index is 1.98. The lowest BCUT2D eigenvalue weighted by molar-refractivity contribution is -0.123. The molecular weight excluding hydrogens is 260 g/mol. The average molecular weight is 288 g/mol. The van der Waals surface area contributed by atoms with Crippen LogP contribution in [0.15, 0.2) is 24.3 Å². The van der Waals surface area contributed by atoms with Gasteiger partial charge >= 0.3 is 0 Å². The van der Waals surface area contributed by atoms with Crippen molar-refractivity contribution in [2.45, 2.75) is 63.8 Å². The lowest BCUT2D eigenvalue weighted by Gasteiger charge is -2.29. The van der Waals surface area contributed by atoms with Crippen LogP contribution < -0.4 is 11.1 Å². The fourth-order valence-electron chi connectivity index (χ4n) is 3.34. The van der Waals surface area contributed by atoms with Crippen LogP contribution in [-0.2, 0) is 4.79 Å². The molecule has 1 amide bonds. The summed E-state index contributed by atoms with van der Waals surface area (Å²) in [6.07, 6.45) is 5.93. The number of nitrogens with one attached hydrogen (secondary N) is 1. The van der Waals surface area contributed by atoms with E-state index in [9.17, 15) is 4.79 Å². The minimum absolute atomic E-state index is 0.136. The van der Waals surface area contributed by atoms with Crippen molar-refractivity contribution in [2.24, 2.45) is 5.73 Å². The molecule has 1 saturated carbocycles. The first-order valence-corrected chi connectivity index (χ1v) is 8.16. The predicted octanol–water partition coefficient (Wildman–Crippen LogP) is 3.27. The molecule has 116 valence electrons. The van der Waals surface area contributed by atoms with Crippen molar-refractivity contribution in [1.82, 2.24) is 5.32 Å². The summed E-state index contributed by atoms with van der Waals surface area (Å²) in [6, 6.07) is 8.53. The van der Waals surface area contributed by atoms with Gasteiger partial charge in [0.15, 0.2) is 0 Å². The molecule has 1 aliphatic rings. The molecule has 0 saturated heterocycles. The summed E-state index contributed by atoms with van der Waals surface area (Å²) in [5, 5.41) is 3.22. The second kappa shape index (κ2) is 7.08. The highest BCUT2D eigenvalue weighted by atomic mass is 16.1. The molecule has 1 atom stereocenters. The number of rotatable bonds is 6. The Morgan fingerprint density at radius 3 is 2.43 bits per heavy atom. The normalized spacial score (nSPS) is 18.4. The molecule has 1 aromatic rings. The second-order valence-corrected chi connectivity index (χ2v) is 6.46. The first kappa shape index (κ1) is 16.0. The molecule has 3 N–H and O–H groups in total. The van der Waals surface area contributed by atoms with Gasteiger partial charge in [0.25, 0.3) is 0 Å². The molecule has 21 heavy (non-hydrogen) atoms. The zero-order valence-electron chi connectivity index (χ0n) is 13.3. The summed E-state index contributed by atoms with van der Waals surface area (Å²) in [6.45, 7) is 4.79. The first-order chi connectivity index (χ1) is 10.1. The fourth-order valence-corrected chi connectivity index (χ4v) is 3.34. The van der Waals surface area contributed by atoms with E-state index in [4.69, 9.17) is 5.73 Å². The van der Waals surface area contributed by atoms with Gasteiger partial charge < -0.3 is 11.1 Å². The van der Waals surface area contributed by atoms with E-state index in [0.29, 0.717) is 18.9 Å². The largest absolute Gasteiger partial charge is 0.349 e. The number of carbonyl (C=O) groups excluding carboxylic acids is 1. The minimum Gasteiger partial charge on any atom is -0.349 e. The van der Waals surface area contributed by atoms with Gasteiger partial charge in [-0.25, -0.2) is 0 Å². The third-order valence-electron chi connectivity index (χ3n) is 4.83. The number of hydrogen-bond donors (Lipinski definition) is 2. The van der Waals surface area contributed by atoms with Crippen LogP contribution >= 0.6 is 0 Å². The molecule has 0 heterocycles. The van der Waals surface area contributed by atoms with Crippen LogP contribution in [0.2, 0.25) is 0 Å². The first-order valence-electron chi connectivity index (χ1n) is 8.16. The number of hydrogen-bond acceptors (Lipinski definition) is 2. The van der Waals surface area contributed by atoms with E-state index in [1.165, 1.54) is 24.0 Å². The van der Waals surface area contributed by atoms with Gasteiger partial charge in [0.1, 0.15) is 0 Å². The Morgan fingerprint density at radius 1 is 1.29 bits per heavy atom. The van der Waals surface area contributed by atoms with Crippen molar-refractivity contribution in [2.75, 3.05) is 6.54 Å². The smallest absolute Gasteiger partial charge is 0.221 e. The molecule has 0 radical (unpaired) electrons. The van der Waals surface area contributed by atoms with E-state index in [2.05, 4.69) is 43.4 Å². The Morgan fingerprint density at radius 2 is 1.90 bits per heavy atom. The van der Waals surface area contributed by atoms with Crippen molar-refractivity contribution >= 4 is 5.91 Å². The van der Waals surface area contributed by atoms with Crippen molar-refractivity contribution < 1.29 is 4.79 Å². The van der Waals surface area contributed by atoms with Gasteiger partial charge in [-0.3, -0.25) is 4.79 Å². The fraction of sp³-hybridized carbons (Fsp3) is 0.611. The maximum Gasteiger partial charge on any atom is 0.221 e. The van der Waals surface area contributed by atoms with E-state index < -0.39 is 0 Å². The van der Waals surface area contributed by atoms with E-state index in [0.717, 1.165) is 19.3 Å². The van der Waals surface area contributed by atoms with Crippen LogP contribution in [-0.4, -0.2) is 18.0 Å². The molecule has 0 spiro atoms. The molecular formula is C18H28N2O. The van der Waals surface area contributed by atoms with E-state index in [1.54, 1.807) is 0 Å². The Labute approximate surface area is 128 Å². The summed E-state index contributed by atoms with van der Waals surface area (Å²) >= 11 is 0. The Hall–Kier alpha value is -1.35. The SMILES string of the molecule is CCC(CC(=O)NC1(CN)CCCC1)c1ccc(C)cc1. The van der Waals surface area contributed by atoms with Gasteiger partial charge in [-0.15, -0.1) is 0 Å². The van der Waals surface area contributed by atoms with Crippen LogP contribution in [0.1, 0.15) is 62.5 Å². The highest BCUT2D eigenvalue weighted by Gasteiger charge is 2.34. The number of aryl methyl sites for hydroxylation is 1. The Bertz CT molecular complexity index is 461. The molecule has 0 bridgehead atoms. The average Bonchev–Trinajstić information content (AvgIpc) is 2.95. The lowest BCUT2D eigenvalue weighted by Crippen LogP contribution is -2.51. The summed E-state index contributed by atoms with van der Waals surface area (Å²) in [4.78, 5) is 12.4. The summed E-state index contributed by atoms with van der Waals surface area (Å²) < 4.78 is 0. The zero-order valence-corrected chi connectivity index (χ0v) is 13.3. The van der Waals surface area contributed by atoms with Gasteiger partial charge in [-0.2, -0.15) is 0 Å². The molecule has 0 aromatic heterocycles. The van der Waals surface area contributed by atoms with Crippen LogP contribution in [0.25, 0.3) is 0 Å². The van der Waals surface area contributed by atoms with Crippen molar-refractivity contribution in [3.05, 3.63) is 35.4 Å². The highest BCUT2D eigenvalue weighted by Crippen LogP contribution is 2.30. The maximum atomic E-state index is 12.4. The van der Waals surface area contributed by atoms with Gasteiger partial charge in [0, 0.05) is 13.0 Å². The van der Waals surface area contributed by atoms with E-state index in [1.807, 2.05) is 0 Å². The Kier molecular flexibility index (Phi) is 5.40. The van der Waals surface area contributed by atoms with E-state index in [-0.39, 0.29) is 11.4 Å². The third-order valence-corrected chi connectivity index (χ3v) is 4.83. The predicted molar refractivity (Wildman–Crippen MR) is 87.2 cm³/mol. The van der Waals surface area contributed by atoms with Crippen molar-refractivity contribution in [3.8, 4) is 0 Å². The van der Waals surface area contributed by atoms with Gasteiger partial charge in [-0.05, 0) is 37.7 Å². The molecule has 3 nitrogen and oxygen atoms in total. The molecule has 1 unspecified atom stereocenters. The van der Waals surface area contributed by atoms with Crippen molar-refractivity contribution in [1.29, 1.82) is 0 Å². The molecule has 2 rings (SSSR count). The molecule has 1 fully saturated rings. The number of carbonyl (C=O) groups is 1. The molecule has 1 aliphatic carbocycles. The second-order valence-electron chi connectivity index (χ2n) is 6.46. The quantitative estimate of drug-likeness (QED) is 0.844. The van der Waals surface area contributed by atoms with Crippen molar-refractivity contribution in [3.63, 3.8) is 0 Å². The maximum absolute atomic E-state index is 12.4. The molecule has 3 heteroatoms. The number of benzene rings is 1. The van der Waals surface area contributed by atoms with E-state index >= 15 is 0 Å². The topological polar surface area (TPSA) is 55.1 Å². The summed E-state index contributed by atoms with van der Waals surface area (Å²) in [5.41, 5.74) is 8.27. The van der Waals surface area contributed by atoms with Gasteiger partial charge in [-0.1, -0.05) is 49.6 Å². The lowest BCUT2D eigenvalue weighted by atomic mass is 9.91. The molecule has 1 aromatic carbocycles. The third kappa shape index (κ3) is 4.07. The van der Waals surface area contributed by atoms with Crippen LogP contribution in [0.5, 0.6) is 0 Å². The van der Waals surface area contributed by atoms with Crippen LogP contribution in [0.4, 0.5) is 0 Å². The molecule has 0 aliphatic heterocycles. The van der Waals surface area contributed by atoms with Gasteiger partial charge in [0.2, 0.25) is 5.91 Å². The van der Waals surface area contributed by atoms with Crippen LogP contribution in [0.3, 0.4) is 0 Å². The van der Waals surface area contributed by atoms with Gasteiger partial charge in [0.05, 0.1) is 5.54 Å². The zero-order chi connectivity index (χ0) is 15.3. The minimum atomic E-state index is -0.136. The summed E-state index contributed by atoms with van der Waals surface area (Å²) in [7, 11) is 0.